The van der Waals surface area contributed by atoms with E-state index in [1.807, 2.05) is 55.5 Å². The number of sulfonamides is 1. The topological polar surface area (TPSA) is 78.8 Å². The van der Waals surface area contributed by atoms with Crippen molar-refractivity contribution in [3.05, 3.63) is 102 Å². The molecule has 1 N–H and O–H groups in total. The molecule has 0 unspecified atom stereocenters. The number of nitrogens with one attached hydrogen (secondary N) is 1. The molecule has 166 valence electrons. The summed E-state index contributed by atoms with van der Waals surface area (Å²) in [6.07, 6.45) is 2.66. The van der Waals surface area contributed by atoms with E-state index < -0.39 is 15.9 Å². The van der Waals surface area contributed by atoms with Gasteiger partial charge in [0.2, 0.25) is 10.0 Å². The van der Waals surface area contributed by atoms with Crippen molar-refractivity contribution in [1.82, 2.24) is 5.43 Å². The number of benzene rings is 3. The molecule has 3 aromatic carbocycles. The Kier molecular flexibility index (Phi) is 7.78. The Labute approximate surface area is 189 Å². The number of hydrazone groups is 1. The number of nitrogens with zero attached hydrogens (tertiary/aromatic N) is 2. The van der Waals surface area contributed by atoms with Crippen LogP contribution in [0.2, 0.25) is 0 Å². The number of amides is 1. The zero-order chi connectivity index (χ0) is 23.0. The highest BCUT2D eigenvalue weighted by Gasteiger charge is 2.23. The lowest BCUT2D eigenvalue weighted by molar-refractivity contribution is 0.0955. The molecule has 0 fully saturated rings. The maximum absolute atomic E-state index is 12.9. The van der Waals surface area contributed by atoms with Crippen LogP contribution in [0.5, 0.6) is 0 Å². The minimum atomic E-state index is -3.63. The van der Waals surface area contributed by atoms with E-state index in [1.54, 1.807) is 24.3 Å². The monoisotopic (exact) mass is 449 g/mol. The third-order valence-corrected chi connectivity index (χ3v) is 6.08. The van der Waals surface area contributed by atoms with Gasteiger partial charge >= 0.3 is 0 Å². The molecule has 0 aliphatic rings. The van der Waals surface area contributed by atoms with Crippen LogP contribution < -0.4 is 9.73 Å². The van der Waals surface area contributed by atoms with Gasteiger partial charge in [0.05, 0.1) is 24.1 Å². The third-order valence-electron chi connectivity index (χ3n) is 4.95. The van der Waals surface area contributed by atoms with Gasteiger partial charge in [0.25, 0.3) is 5.91 Å². The number of carbonyl (C=O) groups is 1. The van der Waals surface area contributed by atoms with Gasteiger partial charge in [-0.15, -0.1) is 0 Å². The standard InChI is InChI=1S/C25H27N3O3S/c1-20(17-18-21-11-5-3-6-12-21)26-27-25(29)23-15-9-10-16-24(23)28(32(2,30)31)19-22-13-7-4-8-14-22/h3-16H,17-19H2,1-2H3,(H,27,29)/b26-20+. The molecule has 0 aromatic heterocycles. The van der Waals surface area contributed by atoms with Crippen molar-refractivity contribution < 1.29 is 13.2 Å². The van der Waals surface area contributed by atoms with E-state index in [0.717, 1.165) is 24.0 Å². The molecule has 1 amide bonds. The number of hydrogen-bond donors (Lipinski definition) is 1. The van der Waals surface area contributed by atoms with Gasteiger partial charge in [-0.1, -0.05) is 72.8 Å². The third kappa shape index (κ3) is 6.52. The van der Waals surface area contributed by atoms with Gasteiger partial charge < -0.3 is 0 Å². The first-order valence-electron chi connectivity index (χ1n) is 10.3. The van der Waals surface area contributed by atoms with Crippen molar-refractivity contribution in [1.29, 1.82) is 0 Å². The molecular formula is C25H27N3O3S. The summed E-state index contributed by atoms with van der Waals surface area (Å²) in [5.41, 5.74) is 5.93. The summed E-state index contributed by atoms with van der Waals surface area (Å²) >= 11 is 0. The molecule has 0 aliphatic heterocycles. The summed E-state index contributed by atoms with van der Waals surface area (Å²) < 4.78 is 26.4. The molecule has 6 nitrogen and oxygen atoms in total. The molecule has 0 saturated heterocycles. The largest absolute Gasteiger partial charge is 0.273 e. The average Bonchev–Trinajstić information content (AvgIpc) is 2.80. The Balaban J connectivity index is 1.77. The quantitative estimate of drug-likeness (QED) is 0.389. The smallest absolute Gasteiger partial charge is 0.267 e. The van der Waals surface area contributed by atoms with Gasteiger partial charge in [0.15, 0.2) is 0 Å². The Morgan fingerprint density at radius 3 is 2.06 bits per heavy atom. The predicted molar refractivity (Wildman–Crippen MR) is 129 cm³/mol. The second-order valence-electron chi connectivity index (χ2n) is 7.55. The fraction of sp³-hybridized carbons (Fsp3) is 0.200. The number of anilines is 1. The van der Waals surface area contributed by atoms with Crippen molar-refractivity contribution in [2.24, 2.45) is 5.10 Å². The summed E-state index contributed by atoms with van der Waals surface area (Å²) in [6, 6.07) is 26.0. The zero-order valence-electron chi connectivity index (χ0n) is 18.2. The molecule has 0 saturated carbocycles. The van der Waals surface area contributed by atoms with E-state index in [1.165, 1.54) is 9.87 Å². The van der Waals surface area contributed by atoms with Gasteiger partial charge in [-0.2, -0.15) is 5.10 Å². The van der Waals surface area contributed by atoms with E-state index in [-0.39, 0.29) is 12.1 Å². The second-order valence-corrected chi connectivity index (χ2v) is 9.45. The predicted octanol–water partition coefficient (Wildman–Crippen LogP) is 4.39. The van der Waals surface area contributed by atoms with Crippen LogP contribution in [0.4, 0.5) is 5.69 Å². The summed E-state index contributed by atoms with van der Waals surface area (Å²) in [5, 5.41) is 4.21. The van der Waals surface area contributed by atoms with Crippen LogP contribution in [0.1, 0.15) is 34.8 Å². The first-order valence-corrected chi connectivity index (χ1v) is 12.2. The lowest BCUT2D eigenvalue weighted by atomic mass is 10.1. The summed E-state index contributed by atoms with van der Waals surface area (Å²) in [6.45, 7) is 1.98. The fourth-order valence-electron chi connectivity index (χ4n) is 3.25. The van der Waals surface area contributed by atoms with Gasteiger partial charge in [0.1, 0.15) is 0 Å². The molecule has 7 heteroatoms. The Hall–Kier alpha value is -3.45. The van der Waals surface area contributed by atoms with E-state index in [9.17, 15) is 13.2 Å². The van der Waals surface area contributed by atoms with Crippen LogP contribution in [0.15, 0.2) is 90.0 Å². The fourth-order valence-corrected chi connectivity index (χ4v) is 4.15. The molecule has 0 heterocycles. The number of aryl methyl sites for hydroxylation is 1. The van der Waals surface area contributed by atoms with Crippen molar-refractivity contribution in [2.45, 2.75) is 26.3 Å². The van der Waals surface area contributed by atoms with Crippen LogP contribution in [-0.2, 0) is 23.0 Å². The Morgan fingerprint density at radius 2 is 1.44 bits per heavy atom. The normalized spacial score (nSPS) is 11.8. The molecule has 0 atom stereocenters. The highest BCUT2D eigenvalue weighted by Crippen LogP contribution is 2.25. The summed E-state index contributed by atoms with van der Waals surface area (Å²) in [5.74, 6) is -0.457. The lowest BCUT2D eigenvalue weighted by Crippen LogP contribution is -2.32. The van der Waals surface area contributed by atoms with E-state index in [0.29, 0.717) is 12.1 Å². The summed E-state index contributed by atoms with van der Waals surface area (Å²) in [7, 11) is -3.63. The molecule has 3 rings (SSSR count). The zero-order valence-corrected chi connectivity index (χ0v) is 19.0. The molecule has 0 bridgehead atoms. The molecule has 0 radical (unpaired) electrons. The highest BCUT2D eigenvalue weighted by molar-refractivity contribution is 7.92. The van der Waals surface area contributed by atoms with Gasteiger partial charge in [0, 0.05) is 5.71 Å². The van der Waals surface area contributed by atoms with E-state index in [4.69, 9.17) is 0 Å². The van der Waals surface area contributed by atoms with Crippen molar-refractivity contribution in [3.63, 3.8) is 0 Å². The van der Waals surface area contributed by atoms with Gasteiger partial charge in [-0.05, 0) is 43.0 Å². The number of para-hydroxylation sites is 1. The maximum Gasteiger partial charge on any atom is 0.273 e. The Morgan fingerprint density at radius 1 is 0.875 bits per heavy atom. The first-order chi connectivity index (χ1) is 15.3. The number of hydrogen-bond acceptors (Lipinski definition) is 4. The van der Waals surface area contributed by atoms with Crippen LogP contribution in [-0.4, -0.2) is 26.3 Å². The van der Waals surface area contributed by atoms with Crippen LogP contribution in [0.3, 0.4) is 0 Å². The maximum atomic E-state index is 12.9. The van der Waals surface area contributed by atoms with Gasteiger partial charge in [-0.25, -0.2) is 13.8 Å². The highest BCUT2D eigenvalue weighted by atomic mass is 32.2. The minimum absolute atomic E-state index is 0.128. The number of rotatable bonds is 9. The summed E-state index contributed by atoms with van der Waals surface area (Å²) in [4.78, 5) is 12.9. The SMILES string of the molecule is C/C(CCc1ccccc1)=N\NC(=O)c1ccccc1N(Cc1ccccc1)S(C)(=O)=O. The van der Waals surface area contributed by atoms with E-state index >= 15 is 0 Å². The lowest BCUT2D eigenvalue weighted by Gasteiger charge is -2.24. The molecule has 0 aliphatic carbocycles. The van der Waals surface area contributed by atoms with Crippen LogP contribution >= 0.6 is 0 Å². The van der Waals surface area contributed by atoms with Gasteiger partial charge in [-0.3, -0.25) is 9.10 Å². The molecule has 3 aromatic rings. The minimum Gasteiger partial charge on any atom is -0.267 e. The first kappa shape index (κ1) is 23.2. The van der Waals surface area contributed by atoms with Crippen molar-refractivity contribution in [2.75, 3.05) is 10.6 Å². The number of carbonyl (C=O) groups excluding carboxylic acids is 1. The van der Waals surface area contributed by atoms with Crippen LogP contribution in [0, 0.1) is 0 Å². The molecular weight excluding hydrogens is 422 g/mol. The van der Waals surface area contributed by atoms with Crippen molar-refractivity contribution >= 4 is 27.3 Å². The Bertz CT molecular complexity index is 1180. The van der Waals surface area contributed by atoms with E-state index in [2.05, 4.69) is 22.7 Å². The van der Waals surface area contributed by atoms with Crippen molar-refractivity contribution in [3.8, 4) is 0 Å². The molecule has 32 heavy (non-hydrogen) atoms. The van der Waals surface area contributed by atoms with Crippen LogP contribution in [0.25, 0.3) is 0 Å². The molecule has 0 spiro atoms. The average molecular weight is 450 g/mol. The second kappa shape index (κ2) is 10.7.